The number of ether oxygens (including phenoxy) is 1. The number of hydrogen-bond acceptors (Lipinski definition) is 2. The SMILES string of the molecule is c1ccc2c(c1)COC1=C2c2occc2C1. The minimum atomic E-state index is 0.680. The molecule has 0 spiro atoms. The molecule has 0 unspecified atom stereocenters. The van der Waals surface area contributed by atoms with Crippen molar-refractivity contribution in [3.8, 4) is 0 Å². The highest BCUT2D eigenvalue weighted by Crippen LogP contribution is 2.42. The van der Waals surface area contributed by atoms with E-state index >= 15 is 0 Å². The van der Waals surface area contributed by atoms with Crippen LogP contribution < -0.4 is 0 Å². The first kappa shape index (κ1) is 8.22. The smallest absolute Gasteiger partial charge is 0.141 e. The Labute approximate surface area is 93.2 Å². The maximum Gasteiger partial charge on any atom is 0.141 e. The molecule has 16 heavy (non-hydrogen) atoms. The van der Waals surface area contributed by atoms with E-state index in [1.54, 1.807) is 6.26 Å². The van der Waals surface area contributed by atoms with E-state index in [4.69, 9.17) is 9.15 Å². The summed E-state index contributed by atoms with van der Waals surface area (Å²) < 4.78 is 11.4. The summed E-state index contributed by atoms with van der Waals surface area (Å²) in [7, 11) is 0. The molecule has 1 aromatic carbocycles. The predicted octanol–water partition coefficient (Wildman–Crippen LogP) is 3.13. The van der Waals surface area contributed by atoms with Crippen LogP contribution in [0.25, 0.3) is 5.57 Å². The number of furan rings is 1. The van der Waals surface area contributed by atoms with E-state index in [1.807, 2.05) is 12.1 Å². The highest BCUT2D eigenvalue weighted by molar-refractivity contribution is 5.85. The molecule has 2 heteroatoms. The third-order valence-corrected chi connectivity index (χ3v) is 3.29. The molecule has 2 aromatic rings. The van der Waals surface area contributed by atoms with Gasteiger partial charge < -0.3 is 9.15 Å². The van der Waals surface area contributed by atoms with Gasteiger partial charge >= 0.3 is 0 Å². The van der Waals surface area contributed by atoms with Gasteiger partial charge in [-0.1, -0.05) is 24.3 Å². The van der Waals surface area contributed by atoms with Crippen LogP contribution in [0.4, 0.5) is 0 Å². The van der Waals surface area contributed by atoms with Crippen LogP contribution in [0.5, 0.6) is 0 Å². The molecule has 0 saturated carbocycles. The van der Waals surface area contributed by atoms with E-state index in [2.05, 4.69) is 18.2 Å². The minimum Gasteiger partial charge on any atom is -0.492 e. The molecule has 0 bridgehead atoms. The third kappa shape index (κ3) is 0.915. The van der Waals surface area contributed by atoms with Gasteiger partial charge in [0.1, 0.15) is 18.1 Å². The zero-order chi connectivity index (χ0) is 10.5. The predicted molar refractivity (Wildman–Crippen MR) is 59.7 cm³/mol. The van der Waals surface area contributed by atoms with Crippen molar-refractivity contribution in [3.63, 3.8) is 0 Å². The van der Waals surface area contributed by atoms with Gasteiger partial charge in [-0.25, -0.2) is 0 Å². The van der Waals surface area contributed by atoms with E-state index in [9.17, 15) is 0 Å². The Hall–Kier alpha value is -1.96. The summed E-state index contributed by atoms with van der Waals surface area (Å²) in [6.07, 6.45) is 2.63. The molecule has 0 radical (unpaired) electrons. The van der Waals surface area contributed by atoms with Gasteiger partial charge in [0.05, 0.1) is 11.8 Å². The van der Waals surface area contributed by atoms with Crippen LogP contribution in [-0.2, 0) is 17.8 Å². The molecule has 78 valence electrons. The second-order valence-electron chi connectivity index (χ2n) is 4.20. The van der Waals surface area contributed by atoms with Crippen molar-refractivity contribution in [3.05, 3.63) is 64.8 Å². The topological polar surface area (TPSA) is 22.4 Å². The van der Waals surface area contributed by atoms with E-state index < -0.39 is 0 Å². The van der Waals surface area contributed by atoms with Crippen molar-refractivity contribution >= 4 is 5.57 Å². The molecule has 1 aliphatic heterocycles. The minimum absolute atomic E-state index is 0.680. The largest absolute Gasteiger partial charge is 0.492 e. The van der Waals surface area contributed by atoms with Crippen LogP contribution in [0.1, 0.15) is 22.5 Å². The van der Waals surface area contributed by atoms with Crippen LogP contribution in [0.2, 0.25) is 0 Å². The van der Waals surface area contributed by atoms with Gasteiger partial charge in [0.25, 0.3) is 0 Å². The summed E-state index contributed by atoms with van der Waals surface area (Å²) in [6, 6.07) is 10.4. The molecule has 1 aliphatic carbocycles. The Bertz CT molecular complexity index is 605. The monoisotopic (exact) mass is 210 g/mol. The van der Waals surface area contributed by atoms with E-state index in [1.165, 1.54) is 16.7 Å². The molecule has 4 rings (SSSR count). The van der Waals surface area contributed by atoms with Crippen molar-refractivity contribution in [2.75, 3.05) is 0 Å². The maximum atomic E-state index is 5.79. The standard InChI is InChI=1S/C14H10O2/c1-2-4-11-10(3-1)8-16-12-7-9-5-6-15-14(9)13(11)12/h1-6H,7-8H2. The van der Waals surface area contributed by atoms with Crippen molar-refractivity contribution < 1.29 is 9.15 Å². The zero-order valence-corrected chi connectivity index (χ0v) is 8.69. The number of hydrogen-bond donors (Lipinski definition) is 0. The third-order valence-electron chi connectivity index (χ3n) is 3.29. The summed E-state index contributed by atoms with van der Waals surface area (Å²) >= 11 is 0. The maximum absolute atomic E-state index is 5.79. The van der Waals surface area contributed by atoms with Crippen LogP contribution >= 0.6 is 0 Å². The molecule has 0 N–H and O–H groups in total. The lowest BCUT2D eigenvalue weighted by atomic mass is 9.98. The number of rotatable bonds is 0. The van der Waals surface area contributed by atoms with Gasteiger partial charge in [-0.3, -0.25) is 0 Å². The normalized spacial score (nSPS) is 16.5. The summed E-state index contributed by atoms with van der Waals surface area (Å²) in [4.78, 5) is 0. The second-order valence-corrected chi connectivity index (χ2v) is 4.20. The average molecular weight is 210 g/mol. The van der Waals surface area contributed by atoms with Crippen molar-refractivity contribution in [1.29, 1.82) is 0 Å². The number of benzene rings is 1. The quantitative estimate of drug-likeness (QED) is 0.666. The summed E-state index contributed by atoms with van der Waals surface area (Å²) in [5, 5.41) is 0. The zero-order valence-electron chi connectivity index (χ0n) is 8.69. The van der Waals surface area contributed by atoms with Gasteiger partial charge in [0.2, 0.25) is 0 Å². The van der Waals surface area contributed by atoms with E-state index in [0.717, 1.165) is 23.5 Å². The Morgan fingerprint density at radius 3 is 2.94 bits per heavy atom. The lowest BCUT2D eigenvalue weighted by Gasteiger charge is -2.19. The fourth-order valence-corrected chi connectivity index (χ4v) is 2.53. The number of fused-ring (bicyclic) bond motifs is 4. The fraction of sp³-hybridized carbons (Fsp3) is 0.143. The molecule has 0 atom stereocenters. The van der Waals surface area contributed by atoms with Crippen molar-refractivity contribution in [1.82, 2.24) is 0 Å². The van der Waals surface area contributed by atoms with Crippen molar-refractivity contribution in [2.24, 2.45) is 0 Å². The Balaban J connectivity index is 2.01. The summed E-state index contributed by atoms with van der Waals surface area (Å²) in [5.41, 5.74) is 4.89. The molecule has 2 aliphatic rings. The molecule has 0 amide bonds. The lowest BCUT2D eigenvalue weighted by Crippen LogP contribution is -2.05. The first-order chi connectivity index (χ1) is 7.93. The lowest BCUT2D eigenvalue weighted by molar-refractivity contribution is 0.192. The fourth-order valence-electron chi connectivity index (χ4n) is 2.53. The molecule has 0 fully saturated rings. The van der Waals surface area contributed by atoms with Crippen LogP contribution in [0.15, 0.2) is 46.8 Å². The second kappa shape index (κ2) is 2.79. The highest BCUT2D eigenvalue weighted by atomic mass is 16.5. The first-order valence-electron chi connectivity index (χ1n) is 5.44. The van der Waals surface area contributed by atoms with Crippen molar-refractivity contribution in [2.45, 2.75) is 13.0 Å². The summed E-state index contributed by atoms with van der Waals surface area (Å²) in [5.74, 6) is 2.05. The average Bonchev–Trinajstić information content (AvgIpc) is 2.88. The van der Waals surface area contributed by atoms with Gasteiger partial charge in [-0.15, -0.1) is 0 Å². The number of allylic oxidation sites excluding steroid dienone is 1. The van der Waals surface area contributed by atoms with Crippen LogP contribution in [-0.4, -0.2) is 0 Å². The molecule has 2 heterocycles. The van der Waals surface area contributed by atoms with Gasteiger partial charge in [-0.05, 0) is 17.2 Å². The molecule has 1 aromatic heterocycles. The van der Waals surface area contributed by atoms with E-state index in [-0.39, 0.29) is 0 Å². The Morgan fingerprint density at radius 2 is 1.94 bits per heavy atom. The van der Waals surface area contributed by atoms with Crippen LogP contribution in [0.3, 0.4) is 0 Å². The van der Waals surface area contributed by atoms with Gasteiger partial charge in [0, 0.05) is 12.0 Å². The van der Waals surface area contributed by atoms with Gasteiger partial charge in [0.15, 0.2) is 0 Å². The summed E-state index contributed by atoms with van der Waals surface area (Å²) in [6.45, 7) is 0.680. The highest BCUT2D eigenvalue weighted by Gasteiger charge is 2.31. The Kier molecular flexibility index (Phi) is 1.43. The van der Waals surface area contributed by atoms with Gasteiger partial charge in [-0.2, -0.15) is 0 Å². The molecular weight excluding hydrogens is 200 g/mol. The molecular formula is C14H10O2. The van der Waals surface area contributed by atoms with E-state index in [0.29, 0.717) is 6.61 Å². The molecule has 0 saturated heterocycles. The first-order valence-corrected chi connectivity index (χ1v) is 5.44. The van der Waals surface area contributed by atoms with Crippen LogP contribution in [0, 0.1) is 0 Å². The molecule has 2 nitrogen and oxygen atoms in total. The Morgan fingerprint density at radius 1 is 1.00 bits per heavy atom.